The molecular weight excluding hydrogens is 223 g/mol. The average Bonchev–Trinajstić information content (AvgIpc) is 1.85. The van der Waals surface area contributed by atoms with Crippen LogP contribution in [0.4, 0.5) is 0 Å². The minimum Gasteiger partial charge on any atom is -1.00 e. The molecule has 0 fully saturated rings. The Morgan fingerprint density at radius 3 is 1.50 bits per heavy atom. The van der Waals surface area contributed by atoms with Crippen molar-refractivity contribution in [3.05, 3.63) is 0 Å². The van der Waals surface area contributed by atoms with Gasteiger partial charge in [-0.1, -0.05) is 0 Å². The molecule has 0 aliphatic heterocycles. The minimum absolute atomic E-state index is 0. The van der Waals surface area contributed by atoms with Crippen LogP contribution in [0.3, 0.4) is 0 Å². The van der Waals surface area contributed by atoms with E-state index >= 15 is 0 Å². The maximum Gasteiger partial charge on any atom is -1.00 e. The van der Waals surface area contributed by atoms with E-state index in [1.54, 1.807) is 0 Å². The molecule has 0 nitrogen and oxygen atoms in total. The molecule has 12 heavy (non-hydrogen) atoms. The van der Waals surface area contributed by atoms with Gasteiger partial charge >= 0.3 is 84.2 Å². The third kappa shape index (κ3) is 14.1. The van der Waals surface area contributed by atoms with E-state index in [9.17, 15) is 0 Å². The summed E-state index contributed by atoms with van der Waals surface area (Å²) in [5.74, 6) is 4.43. The van der Waals surface area contributed by atoms with Gasteiger partial charge in [0.15, 0.2) is 0 Å². The third-order valence-electron chi connectivity index (χ3n) is 0.995. The quantitative estimate of drug-likeness (QED) is 0.484. The molecule has 0 atom stereocenters. The Bertz CT molecular complexity index is 79.1. The van der Waals surface area contributed by atoms with E-state index in [2.05, 4.69) is 48.0 Å². The molecule has 0 saturated carbocycles. The summed E-state index contributed by atoms with van der Waals surface area (Å²) >= 11 is 0.605. The van der Waals surface area contributed by atoms with Crippen molar-refractivity contribution in [2.45, 2.75) is 27.7 Å². The van der Waals surface area contributed by atoms with Crippen LogP contribution in [0.25, 0.3) is 0 Å². The van der Waals surface area contributed by atoms with Crippen molar-refractivity contribution in [2.75, 3.05) is 11.5 Å². The van der Waals surface area contributed by atoms with Gasteiger partial charge in [0.2, 0.25) is 0 Å². The van der Waals surface area contributed by atoms with Crippen molar-refractivity contribution in [3.8, 4) is 0 Å². The molecule has 0 aliphatic rings. The number of hydrogen-bond donors (Lipinski definition) is 0. The fourth-order valence-corrected chi connectivity index (χ4v) is 6.88. The van der Waals surface area contributed by atoms with Crippen LogP contribution in [0.15, 0.2) is 0 Å². The predicted molar refractivity (Wildman–Crippen MR) is 60.3 cm³/mol. The van der Waals surface area contributed by atoms with Crippen LogP contribution in [0, 0.1) is 11.8 Å². The van der Waals surface area contributed by atoms with Gasteiger partial charge in [0.1, 0.15) is 0 Å². The van der Waals surface area contributed by atoms with E-state index in [1.165, 1.54) is 11.5 Å². The van der Waals surface area contributed by atoms with E-state index in [0.717, 1.165) is 11.8 Å². The van der Waals surface area contributed by atoms with Gasteiger partial charge in [-0.15, -0.1) is 0 Å². The molecule has 0 aliphatic carbocycles. The van der Waals surface area contributed by atoms with Crippen LogP contribution in [-0.2, 0) is 0 Å². The summed E-state index contributed by atoms with van der Waals surface area (Å²) in [4.78, 5) is 0. The summed E-state index contributed by atoms with van der Waals surface area (Å²) in [6.45, 7) is 9.16. The van der Waals surface area contributed by atoms with Crippen LogP contribution in [0.2, 0.25) is 0 Å². The Morgan fingerprint density at radius 2 is 1.25 bits per heavy atom. The molecule has 0 radical (unpaired) electrons. The summed E-state index contributed by atoms with van der Waals surface area (Å²) in [7, 11) is 4.30. The molecule has 0 aromatic carbocycles. The van der Waals surface area contributed by atoms with Crippen LogP contribution in [-0.4, -0.2) is 24.5 Å². The van der Waals surface area contributed by atoms with Crippen LogP contribution in [0.5, 0.6) is 0 Å². The molecule has 0 rings (SSSR count). The van der Waals surface area contributed by atoms with Crippen molar-refractivity contribution in [1.29, 1.82) is 0 Å². The van der Waals surface area contributed by atoms with E-state index in [-0.39, 0.29) is 12.4 Å². The Hall–Kier alpha value is 1.52. The van der Waals surface area contributed by atoms with Crippen molar-refractivity contribution >= 4 is 33.2 Å². The molecule has 0 saturated heterocycles. The first-order valence-electron chi connectivity index (χ1n) is 4.17. The van der Waals surface area contributed by atoms with Gasteiger partial charge in [-0.3, -0.25) is 0 Å². The third-order valence-corrected chi connectivity index (χ3v) is 7.41. The molecule has 0 N–H and O–H groups in total. The van der Waals surface area contributed by atoms with Gasteiger partial charge in [-0.05, 0) is 0 Å². The van der Waals surface area contributed by atoms with Gasteiger partial charge in [0, 0.05) is 0 Å². The summed E-state index contributed by atoms with van der Waals surface area (Å²) < 4.78 is 0. The minimum atomic E-state index is 0. The standard InChI is InChI=1S/2C4H10S.Al.ClH/c2*1-4(2)3-5;;/h2*4-5H,3H2,1-2H3;;1H/q;;+3;/p-3. The maximum atomic E-state index is 2.29. The zero-order valence-electron chi connectivity index (χ0n) is 8.34. The molecule has 72 valence electrons. The molecule has 0 amide bonds. The van der Waals surface area contributed by atoms with Crippen molar-refractivity contribution < 1.29 is 12.4 Å². The van der Waals surface area contributed by atoms with Gasteiger partial charge < -0.3 is 12.4 Å². The smallest absolute Gasteiger partial charge is 1.00 e. The van der Waals surface area contributed by atoms with E-state index in [4.69, 9.17) is 0 Å². The topological polar surface area (TPSA) is 0 Å². The molecule has 0 aromatic heterocycles. The Kier molecular flexibility index (Phi) is 14.1. The van der Waals surface area contributed by atoms with Gasteiger partial charge in [-0.2, -0.15) is 0 Å². The van der Waals surface area contributed by atoms with E-state index in [0.29, 0.717) is 13.0 Å². The van der Waals surface area contributed by atoms with E-state index < -0.39 is 0 Å². The molecule has 0 spiro atoms. The van der Waals surface area contributed by atoms with Crippen molar-refractivity contribution in [1.82, 2.24) is 0 Å². The number of halogens is 1. The fraction of sp³-hybridized carbons (Fsp3) is 1.00. The zero-order chi connectivity index (χ0) is 8.69. The molecular formula is C8H18AlClS2. The van der Waals surface area contributed by atoms with Gasteiger partial charge in [-0.25, -0.2) is 0 Å². The zero-order valence-corrected chi connectivity index (χ0v) is 11.9. The summed E-state index contributed by atoms with van der Waals surface area (Å²) in [6, 6.07) is 0. The predicted octanol–water partition coefficient (Wildman–Crippen LogP) is 0.303. The van der Waals surface area contributed by atoms with Crippen LogP contribution >= 0.6 is 20.3 Å². The van der Waals surface area contributed by atoms with Gasteiger partial charge in [0.25, 0.3) is 0 Å². The normalized spacial score (nSPS) is 9.83. The average molecular weight is 241 g/mol. The monoisotopic (exact) mass is 240 g/mol. The second-order valence-corrected chi connectivity index (χ2v) is 9.39. The van der Waals surface area contributed by atoms with Crippen LogP contribution < -0.4 is 12.4 Å². The fourth-order valence-electron chi connectivity index (χ4n) is 0.512. The summed E-state index contributed by atoms with van der Waals surface area (Å²) in [6.07, 6.45) is 0. The Labute approximate surface area is 96.2 Å². The summed E-state index contributed by atoms with van der Waals surface area (Å²) in [5, 5.41) is 0. The molecule has 0 heterocycles. The van der Waals surface area contributed by atoms with Crippen LogP contribution in [0.1, 0.15) is 27.7 Å². The van der Waals surface area contributed by atoms with Crippen molar-refractivity contribution in [2.24, 2.45) is 11.8 Å². The maximum absolute atomic E-state index is 2.29. The molecule has 4 heteroatoms. The first kappa shape index (κ1) is 16.0. The SMILES string of the molecule is CC(C)C[S][Al+][S]CC(C)C.[Cl-]. The molecule has 0 aromatic rings. The number of hydrogen-bond acceptors (Lipinski definition) is 2. The molecule has 0 bridgehead atoms. The second kappa shape index (κ2) is 10.6. The first-order valence-corrected chi connectivity index (χ1v) is 9.10. The largest absolute Gasteiger partial charge is 1.00 e. The van der Waals surface area contributed by atoms with Crippen molar-refractivity contribution in [3.63, 3.8) is 0 Å². The van der Waals surface area contributed by atoms with Gasteiger partial charge in [0.05, 0.1) is 0 Å². The van der Waals surface area contributed by atoms with E-state index in [1.807, 2.05) is 0 Å². The second-order valence-electron chi connectivity index (χ2n) is 3.55. The Morgan fingerprint density at radius 1 is 0.917 bits per heavy atom. The Balaban J connectivity index is 0. The summed E-state index contributed by atoms with van der Waals surface area (Å²) in [5.41, 5.74) is 0. The molecule has 0 unspecified atom stereocenters. The first-order chi connectivity index (χ1) is 5.13. The number of rotatable bonds is 6.